The number of anilines is 1. The molecule has 0 aliphatic carbocycles. The molecule has 0 saturated heterocycles. The lowest BCUT2D eigenvalue weighted by atomic mass is 10.2. The van der Waals surface area contributed by atoms with E-state index in [1.807, 2.05) is 44.7 Å². The van der Waals surface area contributed by atoms with Crippen molar-refractivity contribution in [3.8, 4) is 6.07 Å². The van der Waals surface area contributed by atoms with Crippen molar-refractivity contribution in [3.05, 3.63) is 27.7 Å². The molecule has 4 nitrogen and oxygen atoms in total. The van der Waals surface area contributed by atoms with Crippen LogP contribution in [-0.4, -0.2) is 17.7 Å². The highest BCUT2D eigenvalue weighted by Gasteiger charge is 2.15. The zero-order chi connectivity index (χ0) is 13.0. The minimum atomic E-state index is -0.183. The Labute approximate surface area is 102 Å². The fourth-order valence-electron chi connectivity index (χ4n) is 2.06. The molecule has 0 spiro atoms. The molecule has 1 aromatic rings. The maximum absolute atomic E-state index is 12.1. The van der Waals surface area contributed by atoms with Gasteiger partial charge in [0.1, 0.15) is 11.6 Å². The molecule has 1 rings (SSSR count). The Kier molecular flexibility index (Phi) is 4.33. The summed E-state index contributed by atoms with van der Waals surface area (Å²) in [6.07, 6.45) is 0. The van der Waals surface area contributed by atoms with E-state index in [0.29, 0.717) is 6.54 Å². The van der Waals surface area contributed by atoms with E-state index >= 15 is 0 Å². The number of aryl methyl sites for hydroxylation is 1. The van der Waals surface area contributed by atoms with E-state index in [4.69, 9.17) is 5.26 Å². The van der Waals surface area contributed by atoms with Gasteiger partial charge in [0.25, 0.3) is 5.56 Å². The first kappa shape index (κ1) is 13.3. The summed E-state index contributed by atoms with van der Waals surface area (Å²) >= 11 is 0. The summed E-state index contributed by atoms with van der Waals surface area (Å²) in [4.78, 5) is 14.2. The number of nitrogens with zero attached hydrogens (tertiary/aromatic N) is 3. The largest absolute Gasteiger partial charge is 0.371 e. The predicted molar refractivity (Wildman–Crippen MR) is 69.4 cm³/mol. The number of aromatic nitrogens is 1. The van der Waals surface area contributed by atoms with Gasteiger partial charge >= 0.3 is 0 Å². The fraction of sp³-hybridized carbons (Fsp3) is 0.538. The Hall–Kier alpha value is -1.76. The molecule has 0 aliphatic heterocycles. The van der Waals surface area contributed by atoms with Crippen LogP contribution in [0.25, 0.3) is 0 Å². The molecule has 1 heterocycles. The topological polar surface area (TPSA) is 49.0 Å². The van der Waals surface area contributed by atoms with Gasteiger partial charge in [-0.05, 0) is 33.8 Å². The Balaban J connectivity index is 3.53. The maximum Gasteiger partial charge on any atom is 0.270 e. The third-order valence-electron chi connectivity index (χ3n) is 3.02. The molecule has 92 valence electrons. The average molecular weight is 233 g/mol. The Morgan fingerprint density at radius 1 is 1.35 bits per heavy atom. The molecule has 1 aromatic heterocycles. The smallest absolute Gasteiger partial charge is 0.270 e. The fourth-order valence-corrected chi connectivity index (χ4v) is 2.06. The zero-order valence-electron chi connectivity index (χ0n) is 10.9. The van der Waals surface area contributed by atoms with E-state index in [1.54, 1.807) is 4.57 Å². The van der Waals surface area contributed by atoms with Crippen LogP contribution in [0.4, 0.5) is 5.69 Å². The normalized spacial score (nSPS) is 10.1. The summed E-state index contributed by atoms with van der Waals surface area (Å²) < 4.78 is 1.63. The molecule has 0 fully saturated rings. The highest BCUT2D eigenvalue weighted by atomic mass is 16.1. The monoisotopic (exact) mass is 233 g/mol. The van der Waals surface area contributed by atoms with E-state index in [2.05, 4.69) is 0 Å². The molecule has 0 saturated carbocycles. The van der Waals surface area contributed by atoms with Gasteiger partial charge in [-0.2, -0.15) is 5.26 Å². The van der Waals surface area contributed by atoms with Gasteiger partial charge in [0, 0.05) is 25.3 Å². The van der Waals surface area contributed by atoms with E-state index in [9.17, 15) is 4.79 Å². The molecule has 0 amide bonds. The molecule has 4 heteroatoms. The Morgan fingerprint density at radius 3 is 2.35 bits per heavy atom. The van der Waals surface area contributed by atoms with Crippen LogP contribution in [0.15, 0.2) is 10.9 Å². The van der Waals surface area contributed by atoms with E-state index in [0.717, 1.165) is 24.5 Å². The zero-order valence-corrected chi connectivity index (χ0v) is 10.9. The van der Waals surface area contributed by atoms with Gasteiger partial charge in [0.2, 0.25) is 0 Å². The van der Waals surface area contributed by atoms with Gasteiger partial charge in [-0.3, -0.25) is 4.79 Å². The van der Waals surface area contributed by atoms with Crippen molar-refractivity contribution in [2.24, 2.45) is 0 Å². The molecule has 0 N–H and O–H groups in total. The van der Waals surface area contributed by atoms with Crippen molar-refractivity contribution < 1.29 is 0 Å². The molecule has 17 heavy (non-hydrogen) atoms. The van der Waals surface area contributed by atoms with E-state index in [1.165, 1.54) is 0 Å². The molecular formula is C13H19N3O. The number of pyridine rings is 1. The Morgan fingerprint density at radius 2 is 1.94 bits per heavy atom. The first-order valence-corrected chi connectivity index (χ1v) is 6.00. The summed E-state index contributed by atoms with van der Waals surface area (Å²) in [5.74, 6) is 0. The second-order valence-corrected chi connectivity index (χ2v) is 3.88. The minimum Gasteiger partial charge on any atom is -0.371 e. The number of nitriles is 1. The SMILES string of the molecule is CCN(CC)c1cc(C)n(CC)c(=O)c1C#N. The van der Waals surface area contributed by atoms with Crippen molar-refractivity contribution in [1.29, 1.82) is 5.26 Å². The second-order valence-electron chi connectivity index (χ2n) is 3.88. The van der Waals surface area contributed by atoms with Crippen LogP contribution < -0.4 is 10.5 Å². The van der Waals surface area contributed by atoms with Crippen LogP contribution in [0, 0.1) is 18.3 Å². The summed E-state index contributed by atoms with van der Waals surface area (Å²) in [5.41, 5.74) is 1.72. The van der Waals surface area contributed by atoms with Gasteiger partial charge < -0.3 is 9.47 Å². The molecule has 0 bridgehead atoms. The quantitative estimate of drug-likeness (QED) is 0.798. The lowest BCUT2D eigenvalue weighted by molar-refractivity contribution is 0.695. The molecule has 0 atom stereocenters. The van der Waals surface area contributed by atoms with Crippen LogP contribution >= 0.6 is 0 Å². The van der Waals surface area contributed by atoms with E-state index < -0.39 is 0 Å². The van der Waals surface area contributed by atoms with Crippen molar-refractivity contribution in [1.82, 2.24) is 4.57 Å². The summed E-state index contributed by atoms with van der Waals surface area (Å²) in [7, 11) is 0. The second kappa shape index (κ2) is 5.53. The third-order valence-corrected chi connectivity index (χ3v) is 3.02. The molecule has 0 radical (unpaired) electrons. The molecule has 0 unspecified atom stereocenters. The van der Waals surface area contributed by atoms with Crippen LogP contribution in [0.1, 0.15) is 32.0 Å². The molecule has 0 aliphatic rings. The van der Waals surface area contributed by atoms with Crippen LogP contribution in [0.3, 0.4) is 0 Å². The first-order valence-electron chi connectivity index (χ1n) is 6.00. The van der Waals surface area contributed by atoms with Gasteiger partial charge in [-0.15, -0.1) is 0 Å². The number of rotatable bonds is 4. The summed E-state index contributed by atoms with van der Waals surface area (Å²) in [6.45, 7) is 10.0. The highest BCUT2D eigenvalue weighted by Crippen LogP contribution is 2.18. The van der Waals surface area contributed by atoms with Crippen molar-refractivity contribution in [3.63, 3.8) is 0 Å². The van der Waals surface area contributed by atoms with Crippen molar-refractivity contribution >= 4 is 5.69 Å². The molecular weight excluding hydrogens is 214 g/mol. The third kappa shape index (κ3) is 2.33. The average Bonchev–Trinajstić information content (AvgIpc) is 2.31. The lowest BCUT2D eigenvalue weighted by Crippen LogP contribution is -2.30. The van der Waals surface area contributed by atoms with Crippen LogP contribution in [0.5, 0.6) is 0 Å². The van der Waals surface area contributed by atoms with Crippen molar-refractivity contribution in [2.75, 3.05) is 18.0 Å². The summed E-state index contributed by atoms with van der Waals surface area (Å²) in [5, 5.41) is 9.16. The summed E-state index contributed by atoms with van der Waals surface area (Å²) in [6, 6.07) is 3.97. The first-order chi connectivity index (χ1) is 8.10. The van der Waals surface area contributed by atoms with E-state index in [-0.39, 0.29) is 11.1 Å². The Bertz CT molecular complexity index is 493. The van der Waals surface area contributed by atoms with Gasteiger partial charge in [0.05, 0.1) is 5.69 Å². The van der Waals surface area contributed by atoms with Crippen LogP contribution in [-0.2, 0) is 6.54 Å². The minimum absolute atomic E-state index is 0.183. The van der Waals surface area contributed by atoms with Crippen molar-refractivity contribution in [2.45, 2.75) is 34.2 Å². The van der Waals surface area contributed by atoms with Gasteiger partial charge in [-0.1, -0.05) is 0 Å². The number of hydrogen-bond acceptors (Lipinski definition) is 3. The molecule has 0 aromatic carbocycles. The number of hydrogen-bond donors (Lipinski definition) is 0. The maximum atomic E-state index is 12.1. The standard InChI is InChI=1S/C13H19N3O/c1-5-15(6-2)12-8-10(4)16(7-3)13(17)11(12)9-14/h8H,5-7H2,1-4H3. The predicted octanol–water partition coefficient (Wildman–Crippen LogP) is 1.89. The lowest BCUT2D eigenvalue weighted by Gasteiger charge is -2.23. The highest BCUT2D eigenvalue weighted by molar-refractivity contribution is 5.59. The van der Waals surface area contributed by atoms with Gasteiger partial charge in [-0.25, -0.2) is 0 Å². The van der Waals surface area contributed by atoms with Gasteiger partial charge in [0.15, 0.2) is 0 Å². The van der Waals surface area contributed by atoms with Crippen LogP contribution in [0.2, 0.25) is 0 Å².